The number of hydrogen-bond acceptors (Lipinski definition) is 3. The first kappa shape index (κ1) is 13.4. The first-order valence-corrected chi connectivity index (χ1v) is 6.27. The number of aromatic nitrogens is 2. The molecule has 1 aromatic rings. The van der Waals surface area contributed by atoms with Crippen LogP contribution in [0.15, 0.2) is 6.33 Å². The van der Waals surface area contributed by atoms with Crippen LogP contribution in [0.2, 0.25) is 0 Å². The van der Waals surface area contributed by atoms with E-state index in [4.69, 9.17) is 0 Å². The van der Waals surface area contributed by atoms with Crippen molar-refractivity contribution in [1.82, 2.24) is 20.2 Å². The van der Waals surface area contributed by atoms with Gasteiger partial charge >= 0.3 is 6.09 Å². The second-order valence-corrected chi connectivity index (χ2v) is 5.10. The lowest BCUT2D eigenvalue weighted by Gasteiger charge is -2.31. The van der Waals surface area contributed by atoms with Crippen molar-refractivity contribution >= 4 is 12.0 Å². The van der Waals surface area contributed by atoms with Gasteiger partial charge < -0.3 is 15.4 Å². The number of amides is 2. The number of carboxylic acid groups (broad SMARTS) is 1. The van der Waals surface area contributed by atoms with Crippen LogP contribution >= 0.6 is 0 Å². The zero-order valence-corrected chi connectivity index (χ0v) is 11.0. The summed E-state index contributed by atoms with van der Waals surface area (Å²) in [6, 6.07) is -0.702. The maximum absolute atomic E-state index is 12.1. The van der Waals surface area contributed by atoms with Crippen molar-refractivity contribution in [3.05, 3.63) is 17.7 Å². The summed E-state index contributed by atoms with van der Waals surface area (Å²) in [5.41, 5.74) is 1.53. The van der Waals surface area contributed by atoms with Gasteiger partial charge in [0.2, 0.25) is 5.91 Å². The monoisotopic (exact) mass is 266 g/mol. The van der Waals surface area contributed by atoms with E-state index < -0.39 is 12.1 Å². The molecule has 0 radical (unpaired) electrons. The van der Waals surface area contributed by atoms with Crippen LogP contribution in [-0.4, -0.2) is 44.6 Å². The third-order valence-corrected chi connectivity index (χ3v) is 3.13. The van der Waals surface area contributed by atoms with Crippen LogP contribution in [-0.2, 0) is 17.8 Å². The summed E-state index contributed by atoms with van der Waals surface area (Å²) in [5, 5.41) is 12.0. The smallest absolute Gasteiger partial charge is 0.408 e. The minimum Gasteiger partial charge on any atom is -0.465 e. The van der Waals surface area contributed by atoms with E-state index in [2.05, 4.69) is 15.3 Å². The van der Waals surface area contributed by atoms with Gasteiger partial charge in [-0.05, 0) is 5.92 Å². The van der Waals surface area contributed by atoms with Gasteiger partial charge in [-0.25, -0.2) is 9.78 Å². The summed E-state index contributed by atoms with van der Waals surface area (Å²) < 4.78 is 0. The molecule has 1 unspecified atom stereocenters. The second kappa shape index (κ2) is 5.29. The highest BCUT2D eigenvalue weighted by Gasteiger charge is 2.35. The summed E-state index contributed by atoms with van der Waals surface area (Å²) >= 11 is 0. The van der Waals surface area contributed by atoms with Crippen molar-refractivity contribution in [2.24, 2.45) is 5.92 Å². The number of nitrogens with zero attached hydrogens (tertiary/aromatic N) is 2. The Balaban J connectivity index is 2.13. The lowest BCUT2D eigenvalue weighted by atomic mass is 10.0. The second-order valence-electron chi connectivity index (χ2n) is 5.10. The van der Waals surface area contributed by atoms with Crippen molar-refractivity contribution in [1.29, 1.82) is 0 Å². The largest absolute Gasteiger partial charge is 0.465 e. The van der Waals surface area contributed by atoms with Gasteiger partial charge in [0.1, 0.15) is 6.04 Å². The summed E-state index contributed by atoms with van der Waals surface area (Å²) in [6.07, 6.45) is 0.749. The number of carbonyl (C=O) groups is 2. The minimum absolute atomic E-state index is 0.171. The Morgan fingerprint density at radius 1 is 1.63 bits per heavy atom. The molecule has 0 aromatic carbocycles. The van der Waals surface area contributed by atoms with Crippen LogP contribution in [0.3, 0.4) is 0 Å². The normalized spacial score (nSPS) is 18.3. The Morgan fingerprint density at radius 2 is 2.37 bits per heavy atom. The fraction of sp³-hybridized carbons (Fsp3) is 0.583. The van der Waals surface area contributed by atoms with E-state index >= 15 is 0 Å². The van der Waals surface area contributed by atoms with Gasteiger partial charge in [0, 0.05) is 13.0 Å². The number of nitrogens with one attached hydrogen (secondary N) is 2. The van der Waals surface area contributed by atoms with Crippen molar-refractivity contribution in [3.63, 3.8) is 0 Å². The molecule has 1 aliphatic heterocycles. The third kappa shape index (κ3) is 2.86. The van der Waals surface area contributed by atoms with Crippen molar-refractivity contribution in [2.45, 2.75) is 32.9 Å². The van der Waals surface area contributed by atoms with Gasteiger partial charge in [-0.1, -0.05) is 13.8 Å². The molecule has 0 saturated carbocycles. The maximum Gasteiger partial charge on any atom is 0.408 e. The molecule has 7 nitrogen and oxygen atoms in total. The molecule has 0 bridgehead atoms. The van der Waals surface area contributed by atoms with Gasteiger partial charge in [0.15, 0.2) is 0 Å². The van der Waals surface area contributed by atoms with Crippen LogP contribution in [0.1, 0.15) is 25.2 Å². The number of H-pyrrole nitrogens is 1. The first-order chi connectivity index (χ1) is 8.99. The SMILES string of the molecule is CC(C)CNC(=O)C1Cc2nc[nH]c2CN1C(=O)O. The van der Waals surface area contributed by atoms with Crippen molar-refractivity contribution < 1.29 is 14.7 Å². The summed E-state index contributed by atoms with van der Waals surface area (Å²) in [7, 11) is 0. The van der Waals surface area contributed by atoms with E-state index in [1.165, 1.54) is 6.33 Å². The first-order valence-electron chi connectivity index (χ1n) is 6.27. The van der Waals surface area contributed by atoms with E-state index in [0.717, 1.165) is 16.3 Å². The van der Waals surface area contributed by atoms with Crippen molar-refractivity contribution in [3.8, 4) is 0 Å². The summed E-state index contributed by atoms with van der Waals surface area (Å²) in [4.78, 5) is 31.5. The number of fused-ring (bicyclic) bond motifs is 1. The quantitative estimate of drug-likeness (QED) is 0.745. The highest BCUT2D eigenvalue weighted by atomic mass is 16.4. The van der Waals surface area contributed by atoms with E-state index in [-0.39, 0.29) is 12.5 Å². The predicted molar refractivity (Wildman–Crippen MR) is 67.5 cm³/mol. The number of aromatic amines is 1. The van der Waals surface area contributed by atoms with E-state index in [1.807, 2.05) is 13.8 Å². The lowest BCUT2D eigenvalue weighted by molar-refractivity contribution is -0.126. The Labute approximate surface area is 111 Å². The molecule has 2 rings (SSSR count). The molecule has 104 valence electrons. The molecular weight excluding hydrogens is 248 g/mol. The van der Waals surface area contributed by atoms with E-state index in [0.29, 0.717) is 18.9 Å². The number of carbonyl (C=O) groups excluding carboxylic acids is 1. The molecule has 19 heavy (non-hydrogen) atoms. The van der Waals surface area contributed by atoms with Gasteiger partial charge in [0.05, 0.1) is 24.3 Å². The summed E-state index contributed by atoms with van der Waals surface area (Å²) in [5.74, 6) is 0.0662. The molecule has 2 heterocycles. The van der Waals surface area contributed by atoms with Gasteiger partial charge in [0.25, 0.3) is 0 Å². The van der Waals surface area contributed by atoms with Crippen molar-refractivity contribution in [2.75, 3.05) is 6.54 Å². The predicted octanol–water partition coefficient (Wildman–Crippen LogP) is 0.587. The highest BCUT2D eigenvalue weighted by Crippen LogP contribution is 2.20. The molecular formula is C12H18N4O3. The molecule has 1 atom stereocenters. The molecule has 3 N–H and O–H groups in total. The molecule has 0 spiro atoms. The summed E-state index contributed by atoms with van der Waals surface area (Å²) in [6.45, 7) is 4.69. The zero-order chi connectivity index (χ0) is 14.0. The molecule has 1 aliphatic rings. The molecule has 1 aromatic heterocycles. The standard InChI is InChI=1S/C12H18N4O3/c1-7(2)4-13-11(17)10-3-8-9(15-6-14-8)5-16(10)12(18)19/h6-7,10H,3-5H2,1-2H3,(H,13,17)(H,14,15)(H,18,19). The minimum atomic E-state index is -1.09. The maximum atomic E-state index is 12.1. The van der Waals surface area contributed by atoms with Crippen LogP contribution < -0.4 is 5.32 Å². The fourth-order valence-corrected chi connectivity index (χ4v) is 2.09. The Hall–Kier alpha value is -2.05. The Kier molecular flexibility index (Phi) is 3.73. The number of hydrogen-bond donors (Lipinski definition) is 3. The fourth-order valence-electron chi connectivity index (χ4n) is 2.09. The highest BCUT2D eigenvalue weighted by molar-refractivity contribution is 5.86. The van der Waals surface area contributed by atoms with Crippen LogP contribution in [0.25, 0.3) is 0 Å². The molecule has 0 fully saturated rings. The lowest BCUT2D eigenvalue weighted by Crippen LogP contribution is -2.52. The third-order valence-electron chi connectivity index (χ3n) is 3.13. The van der Waals surface area contributed by atoms with Crippen LogP contribution in [0.4, 0.5) is 4.79 Å². The van der Waals surface area contributed by atoms with E-state index in [1.54, 1.807) is 0 Å². The van der Waals surface area contributed by atoms with Gasteiger partial charge in [-0.2, -0.15) is 0 Å². The Bertz CT molecular complexity index is 483. The van der Waals surface area contributed by atoms with Crippen LogP contribution in [0.5, 0.6) is 0 Å². The van der Waals surface area contributed by atoms with Gasteiger partial charge in [-0.3, -0.25) is 9.69 Å². The average molecular weight is 266 g/mol. The Morgan fingerprint density at radius 3 is 3.00 bits per heavy atom. The van der Waals surface area contributed by atoms with Crippen LogP contribution in [0, 0.1) is 5.92 Å². The number of rotatable bonds is 3. The average Bonchev–Trinajstić information content (AvgIpc) is 2.81. The molecule has 7 heteroatoms. The zero-order valence-electron chi connectivity index (χ0n) is 11.0. The molecule has 0 aliphatic carbocycles. The number of imidazole rings is 1. The molecule has 2 amide bonds. The molecule has 0 saturated heterocycles. The van der Waals surface area contributed by atoms with E-state index in [9.17, 15) is 14.7 Å². The van der Waals surface area contributed by atoms with Gasteiger partial charge in [-0.15, -0.1) is 0 Å². The topological polar surface area (TPSA) is 98.3 Å².